The minimum Gasteiger partial charge on any atom is -0.439 e. The summed E-state index contributed by atoms with van der Waals surface area (Å²) in [6, 6.07) is 6.43. The Labute approximate surface area is 108 Å². The van der Waals surface area contributed by atoms with Crippen molar-refractivity contribution < 1.29 is 14.0 Å². The van der Waals surface area contributed by atoms with Crippen molar-refractivity contribution >= 4 is 28.7 Å². The number of carbonyl (C=O) groups excluding carboxylic acids is 2. The monoisotopic (exact) mass is 260 g/mol. The SMILES string of the molecule is CCC(=O)Nc1oc2ccccc2c(=O)c1C(N)=O. The standard InChI is InChI=1S/C13H12N2O4/c1-2-9(16)15-13-10(12(14)18)11(17)7-5-3-4-6-8(7)19-13/h3-6H,2H2,1H3,(H2,14,18)(H,15,16). The van der Waals surface area contributed by atoms with Crippen molar-refractivity contribution in [2.45, 2.75) is 13.3 Å². The number of fused-ring (bicyclic) bond motifs is 1. The van der Waals surface area contributed by atoms with Gasteiger partial charge in [0, 0.05) is 6.42 Å². The van der Waals surface area contributed by atoms with Crippen LogP contribution in [-0.4, -0.2) is 11.8 Å². The van der Waals surface area contributed by atoms with E-state index in [2.05, 4.69) is 5.32 Å². The lowest BCUT2D eigenvalue weighted by Gasteiger charge is -2.08. The Balaban J connectivity index is 2.74. The van der Waals surface area contributed by atoms with E-state index in [9.17, 15) is 14.4 Å². The normalized spacial score (nSPS) is 10.4. The van der Waals surface area contributed by atoms with Gasteiger partial charge in [-0.15, -0.1) is 0 Å². The molecular weight excluding hydrogens is 248 g/mol. The summed E-state index contributed by atoms with van der Waals surface area (Å²) in [5, 5.41) is 2.61. The lowest BCUT2D eigenvalue weighted by atomic mass is 10.1. The second kappa shape index (κ2) is 4.93. The van der Waals surface area contributed by atoms with Gasteiger partial charge in [-0.05, 0) is 12.1 Å². The molecule has 1 heterocycles. The van der Waals surface area contributed by atoms with Gasteiger partial charge in [-0.2, -0.15) is 0 Å². The van der Waals surface area contributed by atoms with Crippen molar-refractivity contribution in [1.29, 1.82) is 0 Å². The molecule has 0 aliphatic carbocycles. The fraction of sp³-hybridized carbons (Fsp3) is 0.154. The molecule has 0 fully saturated rings. The number of benzene rings is 1. The van der Waals surface area contributed by atoms with E-state index in [1.165, 1.54) is 6.07 Å². The van der Waals surface area contributed by atoms with Gasteiger partial charge >= 0.3 is 0 Å². The van der Waals surface area contributed by atoms with Crippen LogP contribution in [0.4, 0.5) is 5.88 Å². The molecular formula is C13H12N2O4. The van der Waals surface area contributed by atoms with E-state index in [1.54, 1.807) is 25.1 Å². The summed E-state index contributed by atoms with van der Waals surface area (Å²) in [5.74, 6) is -1.52. The number of carbonyl (C=O) groups is 2. The number of amides is 2. The molecule has 0 aliphatic heterocycles. The van der Waals surface area contributed by atoms with E-state index in [1.807, 2.05) is 0 Å². The Bertz CT molecular complexity index is 718. The van der Waals surface area contributed by atoms with Crippen LogP contribution in [0.5, 0.6) is 0 Å². The summed E-state index contributed by atoms with van der Waals surface area (Å²) < 4.78 is 5.37. The maximum atomic E-state index is 12.1. The number of primary amides is 1. The molecule has 0 spiro atoms. The quantitative estimate of drug-likeness (QED) is 0.866. The van der Waals surface area contributed by atoms with Crippen LogP contribution in [0.25, 0.3) is 11.0 Å². The van der Waals surface area contributed by atoms with Gasteiger partial charge in [-0.25, -0.2) is 0 Å². The highest BCUT2D eigenvalue weighted by Gasteiger charge is 2.19. The second-order valence-electron chi connectivity index (χ2n) is 3.90. The average Bonchev–Trinajstić information content (AvgIpc) is 2.38. The van der Waals surface area contributed by atoms with Crippen LogP contribution >= 0.6 is 0 Å². The molecule has 0 bridgehead atoms. The van der Waals surface area contributed by atoms with Crippen molar-refractivity contribution in [2.24, 2.45) is 5.73 Å². The predicted octanol–water partition coefficient (Wildman–Crippen LogP) is 1.24. The third-order valence-corrected chi connectivity index (χ3v) is 2.62. The molecule has 0 unspecified atom stereocenters. The Hall–Kier alpha value is -2.63. The van der Waals surface area contributed by atoms with Crippen LogP contribution in [0.3, 0.4) is 0 Å². The van der Waals surface area contributed by atoms with E-state index in [0.29, 0.717) is 0 Å². The van der Waals surface area contributed by atoms with Gasteiger partial charge in [0.25, 0.3) is 5.91 Å². The van der Waals surface area contributed by atoms with Crippen molar-refractivity contribution in [2.75, 3.05) is 5.32 Å². The first-order valence-electron chi connectivity index (χ1n) is 5.70. The molecule has 0 atom stereocenters. The molecule has 98 valence electrons. The van der Waals surface area contributed by atoms with E-state index in [4.69, 9.17) is 10.2 Å². The van der Waals surface area contributed by atoms with E-state index < -0.39 is 11.3 Å². The van der Waals surface area contributed by atoms with Crippen molar-refractivity contribution in [3.05, 3.63) is 40.1 Å². The van der Waals surface area contributed by atoms with Crippen molar-refractivity contribution in [1.82, 2.24) is 0 Å². The van der Waals surface area contributed by atoms with Crippen LogP contribution < -0.4 is 16.5 Å². The third-order valence-electron chi connectivity index (χ3n) is 2.62. The maximum absolute atomic E-state index is 12.1. The first-order valence-corrected chi connectivity index (χ1v) is 5.70. The Morgan fingerprint density at radius 3 is 2.63 bits per heavy atom. The number of nitrogens with two attached hydrogens (primary N) is 1. The lowest BCUT2D eigenvalue weighted by Crippen LogP contribution is -2.25. The van der Waals surface area contributed by atoms with Crippen LogP contribution in [-0.2, 0) is 4.79 Å². The van der Waals surface area contributed by atoms with Crippen LogP contribution in [0, 0.1) is 0 Å². The topological polar surface area (TPSA) is 102 Å². The summed E-state index contributed by atoms with van der Waals surface area (Å²) in [5.41, 5.74) is 4.55. The molecule has 19 heavy (non-hydrogen) atoms. The highest BCUT2D eigenvalue weighted by atomic mass is 16.4. The number of hydrogen-bond acceptors (Lipinski definition) is 4. The van der Waals surface area contributed by atoms with Crippen LogP contribution in [0.15, 0.2) is 33.5 Å². The Kier molecular flexibility index (Phi) is 3.33. The molecule has 0 saturated heterocycles. The number of anilines is 1. The number of nitrogens with one attached hydrogen (secondary N) is 1. The van der Waals surface area contributed by atoms with Crippen LogP contribution in [0.1, 0.15) is 23.7 Å². The summed E-state index contributed by atoms with van der Waals surface area (Å²) in [6.07, 6.45) is 0.189. The minimum absolute atomic E-state index is 0.189. The number of rotatable bonds is 3. The van der Waals surface area contributed by atoms with Gasteiger partial charge in [0.05, 0.1) is 5.39 Å². The average molecular weight is 260 g/mol. The molecule has 6 heteroatoms. The van der Waals surface area contributed by atoms with E-state index >= 15 is 0 Å². The first kappa shape index (κ1) is 12.8. The molecule has 6 nitrogen and oxygen atoms in total. The van der Waals surface area contributed by atoms with Gasteiger partial charge in [0.15, 0.2) is 0 Å². The highest BCUT2D eigenvalue weighted by molar-refractivity contribution is 6.03. The fourth-order valence-electron chi connectivity index (χ4n) is 1.67. The molecule has 2 amide bonds. The zero-order valence-corrected chi connectivity index (χ0v) is 10.2. The largest absolute Gasteiger partial charge is 0.439 e. The highest BCUT2D eigenvalue weighted by Crippen LogP contribution is 2.19. The van der Waals surface area contributed by atoms with Gasteiger partial charge < -0.3 is 10.2 Å². The molecule has 1 aromatic carbocycles. The third kappa shape index (κ3) is 2.33. The second-order valence-corrected chi connectivity index (χ2v) is 3.90. The van der Waals surface area contributed by atoms with Crippen molar-refractivity contribution in [3.63, 3.8) is 0 Å². The van der Waals surface area contributed by atoms with Gasteiger partial charge in [-0.3, -0.25) is 19.7 Å². The summed E-state index contributed by atoms with van der Waals surface area (Å²) in [6.45, 7) is 1.64. The van der Waals surface area contributed by atoms with Gasteiger partial charge in [-0.1, -0.05) is 19.1 Å². The maximum Gasteiger partial charge on any atom is 0.258 e. The summed E-state index contributed by atoms with van der Waals surface area (Å²) in [7, 11) is 0. The summed E-state index contributed by atoms with van der Waals surface area (Å²) >= 11 is 0. The number of para-hydroxylation sites is 1. The Morgan fingerprint density at radius 1 is 1.32 bits per heavy atom. The van der Waals surface area contributed by atoms with Gasteiger partial charge in [0.2, 0.25) is 17.2 Å². The Morgan fingerprint density at radius 2 is 2.00 bits per heavy atom. The van der Waals surface area contributed by atoms with E-state index in [-0.39, 0.29) is 34.7 Å². The molecule has 2 rings (SSSR count). The predicted molar refractivity (Wildman–Crippen MR) is 69.9 cm³/mol. The lowest BCUT2D eigenvalue weighted by molar-refractivity contribution is -0.116. The molecule has 0 aliphatic rings. The molecule has 1 aromatic heterocycles. The molecule has 2 aromatic rings. The molecule has 3 N–H and O–H groups in total. The molecule has 0 saturated carbocycles. The summed E-state index contributed by atoms with van der Waals surface area (Å²) in [4.78, 5) is 34.9. The van der Waals surface area contributed by atoms with Crippen molar-refractivity contribution in [3.8, 4) is 0 Å². The van der Waals surface area contributed by atoms with E-state index in [0.717, 1.165) is 0 Å². The minimum atomic E-state index is -0.939. The zero-order valence-electron chi connectivity index (χ0n) is 10.2. The fourth-order valence-corrected chi connectivity index (χ4v) is 1.67. The van der Waals surface area contributed by atoms with Crippen LogP contribution in [0.2, 0.25) is 0 Å². The first-order chi connectivity index (χ1) is 9.04. The molecule has 0 radical (unpaired) electrons. The smallest absolute Gasteiger partial charge is 0.258 e. The zero-order chi connectivity index (χ0) is 14.0. The van der Waals surface area contributed by atoms with Gasteiger partial charge in [0.1, 0.15) is 11.1 Å². The number of hydrogen-bond donors (Lipinski definition) is 2.